The third kappa shape index (κ3) is 3.90. The Labute approximate surface area is 96.0 Å². The molecule has 0 aliphatic heterocycles. The van der Waals surface area contributed by atoms with Gasteiger partial charge in [-0.1, -0.05) is 26.0 Å². The highest BCUT2D eigenvalue weighted by atomic mass is 16.5. The number of carbonyl (C=O) groups is 1. The number of ether oxygens (including phenoxy) is 1. The van der Waals surface area contributed by atoms with E-state index in [2.05, 4.69) is 10.6 Å². The molecule has 0 bridgehead atoms. The molecule has 0 aliphatic rings. The molecule has 0 saturated heterocycles. The molecule has 88 valence electrons. The predicted octanol–water partition coefficient (Wildman–Crippen LogP) is 1.63. The van der Waals surface area contributed by atoms with Gasteiger partial charge >= 0.3 is 0 Å². The number of hydrogen-bond donors (Lipinski definition) is 2. The van der Waals surface area contributed by atoms with Crippen molar-refractivity contribution in [1.82, 2.24) is 5.32 Å². The molecule has 16 heavy (non-hydrogen) atoms. The van der Waals surface area contributed by atoms with E-state index in [4.69, 9.17) is 4.74 Å². The van der Waals surface area contributed by atoms with Gasteiger partial charge in [0.25, 0.3) is 0 Å². The minimum Gasteiger partial charge on any atom is -0.495 e. The largest absolute Gasteiger partial charge is 0.495 e. The average molecular weight is 222 g/mol. The van der Waals surface area contributed by atoms with E-state index in [9.17, 15) is 4.79 Å². The minimum atomic E-state index is -0.0711. The van der Waals surface area contributed by atoms with Crippen molar-refractivity contribution in [2.75, 3.05) is 19.0 Å². The van der Waals surface area contributed by atoms with Crippen LogP contribution in [0.3, 0.4) is 0 Å². The molecule has 2 N–H and O–H groups in total. The number of methoxy groups -OCH3 is 1. The zero-order chi connectivity index (χ0) is 12.0. The normalized spacial score (nSPS) is 10.2. The van der Waals surface area contributed by atoms with E-state index in [0.29, 0.717) is 24.0 Å². The highest BCUT2D eigenvalue weighted by molar-refractivity contribution is 5.93. The molecule has 0 aromatic heterocycles. The molecular weight excluding hydrogens is 204 g/mol. The Kier molecular flexibility index (Phi) is 4.79. The quantitative estimate of drug-likeness (QED) is 0.796. The molecule has 0 atom stereocenters. The molecule has 0 saturated carbocycles. The maximum atomic E-state index is 11.6. The molecule has 0 radical (unpaired) electrons. The van der Waals surface area contributed by atoms with Crippen LogP contribution in [-0.4, -0.2) is 25.6 Å². The van der Waals surface area contributed by atoms with Crippen molar-refractivity contribution in [2.45, 2.75) is 19.9 Å². The molecule has 4 nitrogen and oxygen atoms in total. The molecule has 0 aliphatic carbocycles. The van der Waals surface area contributed by atoms with Gasteiger partial charge in [-0.2, -0.15) is 0 Å². The second-order valence-electron chi connectivity index (χ2n) is 3.78. The molecule has 1 aromatic carbocycles. The summed E-state index contributed by atoms with van der Waals surface area (Å²) in [5, 5.41) is 5.84. The first-order valence-electron chi connectivity index (χ1n) is 5.29. The number of amides is 1. The lowest BCUT2D eigenvalue weighted by atomic mass is 10.3. The van der Waals surface area contributed by atoms with Crippen molar-refractivity contribution in [1.29, 1.82) is 0 Å². The van der Waals surface area contributed by atoms with Crippen LogP contribution in [0.5, 0.6) is 5.75 Å². The van der Waals surface area contributed by atoms with E-state index >= 15 is 0 Å². The van der Waals surface area contributed by atoms with E-state index < -0.39 is 0 Å². The second kappa shape index (κ2) is 6.12. The van der Waals surface area contributed by atoms with Gasteiger partial charge in [-0.3, -0.25) is 4.79 Å². The van der Waals surface area contributed by atoms with Crippen LogP contribution in [0, 0.1) is 0 Å². The van der Waals surface area contributed by atoms with E-state index in [1.807, 2.05) is 38.1 Å². The first-order chi connectivity index (χ1) is 7.63. The van der Waals surface area contributed by atoms with Crippen LogP contribution in [0.15, 0.2) is 24.3 Å². The van der Waals surface area contributed by atoms with Gasteiger partial charge in [0.15, 0.2) is 0 Å². The van der Waals surface area contributed by atoms with Gasteiger partial charge in [0, 0.05) is 6.04 Å². The van der Waals surface area contributed by atoms with E-state index in [1.165, 1.54) is 0 Å². The van der Waals surface area contributed by atoms with Gasteiger partial charge in [-0.05, 0) is 12.1 Å². The molecule has 0 heterocycles. The van der Waals surface area contributed by atoms with Crippen molar-refractivity contribution in [3.63, 3.8) is 0 Å². The highest BCUT2D eigenvalue weighted by Crippen LogP contribution is 2.22. The average Bonchev–Trinajstić information content (AvgIpc) is 2.27. The number of benzene rings is 1. The number of para-hydroxylation sites is 2. The second-order valence-corrected chi connectivity index (χ2v) is 3.78. The summed E-state index contributed by atoms with van der Waals surface area (Å²) < 4.78 is 5.14. The van der Waals surface area contributed by atoms with Crippen molar-refractivity contribution in [3.8, 4) is 5.75 Å². The Morgan fingerprint density at radius 1 is 1.38 bits per heavy atom. The monoisotopic (exact) mass is 222 g/mol. The Morgan fingerprint density at radius 2 is 2.06 bits per heavy atom. The van der Waals surface area contributed by atoms with Gasteiger partial charge in [-0.15, -0.1) is 0 Å². The van der Waals surface area contributed by atoms with Gasteiger partial charge in [0.1, 0.15) is 5.75 Å². The molecule has 0 fully saturated rings. The highest BCUT2D eigenvalue weighted by Gasteiger charge is 2.06. The lowest BCUT2D eigenvalue weighted by Crippen LogP contribution is -2.32. The molecular formula is C12H18N2O2. The minimum absolute atomic E-state index is 0.0711. The van der Waals surface area contributed by atoms with E-state index in [1.54, 1.807) is 7.11 Å². The summed E-state index contributed by atoms with van der Waals surface area (Å²) >= 11 is 0. The summed E-state index contributed by atoms with van der Waals surface area (Å²) in [5.74, 6) is 0.596. The first kappa shape index (κ1) is 12.5. The zero-order valence-electron chi connectivity index (χ0n) is 9.91. The molecule has 1 rings (SSSR count). The molecule has 0 spiro atoms. The van der Waals surface area contributed by atoms with Crippen LogP contribution < -0.4 is 15.4 Å². The fourth-order valence-electron chi connectivity index (χ4n) is 1.24. The Hall–Kier alpha value is -1.55. The van der Waals surface area contributed by atoms with Gasteiger partial charge in [0.2, 0.25) is 5.91 Å². The molecule has 1 amide bonds. The SMILES string of the molecule is COc1ccccc1NC(=O)CNC(C)C. The summed E-state index contributed by atoms with van der Waals surface area (Å²) in [7, 11) is 1.58. The van der Waals surface area contributed by atoms with Crippen LogP contribution >= 0.6 is 0 Å². The summed E-state index contributed by atoms with van der Waals surface area (Å²) in [4.78, 5) is 11.6. The Bertz CT molecular complexity index is 351. The van der Waals surface area contributed by atoms with Gasteiger partial charge in [0.05, 0.1) is 19.3 Å². The number of rotatable bonds is 5. The number of carbonyl (C=O) groups excluding carboxylic acids is 1. The molecule has 4 heteroatoms. The van der Waals surface area contributed by atoms with Crippen LogP contribution in [0.4, 0.5) is 5.69 Å². The third-order valence-corrected chi connectivity index (χ3v) is 2.05. The van der Waals surface area contributed by atoms with E-state index in [0.717, 1.165) is 0 Å². The molecule has 1 aromatic rings. The zero-order valence-corrected chi connectivity index (χ0v) is 9.91. The van der Waals surface area contributed by atoms with Gasteiger partial charge < -0.3 is 15.4 Å². The summed E-state index contributed by atoms with van der Waals surface area (Å²) in [6.07, 6.45) is 0. The van der Waals surface area contributed by atoms with Crippen LogP contribution in [-0.2, 0) is 4.79 Å². The predicted molar refractivity (Wildman–Crippen MR) is 64.8 cm³/mol. The van der Waals surface area contributed by atoms with Gasteiger partial charge in [-0.25, -0.2) is 0 Å². The lowest BCUT2D eigenvalue weighted by Gasteiger charge is -2.11. The van der Waals surface area contributed by atoms with Crippen LogP contribution in [0.1, 0.15) is 13.8 Å². The Balaban J connectivity index is 2.55. The fraction of sp³-hybridized carbons (Fsp3) is 0.417. The summed E-state index contributed by atoms with van der Waals surface area (Å²) in [6, 6.07) is 7.63. The molecule has 0 unspecified atom stereocenters. The van der Waals surface area contributed by atoms with Crippen molar-refractivity contribution < 1.29 is 9.53 Å². The summed E-state index contributed by atoms with van der Waals surface area (Å²) in [6.45, 7) is 4.29. The fourth-order valence-corrected chi connectivity index (χ4v) is 1.24. The topological polar surface area (TPSA) is 50.4 Å². The Morgan fingerprint density at radius 3 is 2.69 bits per heavy atom. The standard InChI is InChI=1S/C12H18N2O2/c1-9(2)13-8-12(15)14-10-6-4-5-7-11(10)16-3/h4-7,9,13H,8H2,1-3H3,(H,14,15). The maximum Gasteiger partial charge on any atom is 0.238 e. The van der Waals surface area contributed by atoms with Crippen LogP contribution in [0.25, 0.3) is 0 Å². The number of nitrogens with one attached hydrogen (secondary N) is 2. The van der Waals surface area contributed by atoms with Crippen molar-refractivity contribution in [2.24, 2.45) is 0 Å². The summed E-state index contributed by atoms with van der Waals surface area (Å²) in [5.41, 5.74) is 0.695. The number of hydrogen-bond acceptors (Lipinski definition) is 3. The van der Waals surface area contributed by atoms with Crippen LogP contribution in [0.2, 0.25) is 0 Å². The van der Waals surface area contributed by atoms with E-state index in [-0.39, 0.29) is 5.91 Å². The lowest BCUT2D eigenvalue weighted by molar-refractivity contribution is -0.115. The third-order valence-electron chi connectivity index (χ3n) is 2.05. The van der Waals surface area contributed by atoms with Crippen molar-refractivity contribution >= 4 is 11.6 Å². The maximum absolute atomic E-state index is 11.6. The smallest absolute Gasteiger partial charge is 0.238 e. The first-order valence-corrected chi connectivity index (χ1v) is 5.29. The number of anilines is 1. The van der Waals surface area contributed by atoms with Crippen molar-refractivity contribution in [3.05, 3.63) is 24.3 Å².